The number of hydrogen-bond donors (Lipinski definition) is 1. The molecule has 1 amide bonds. The topological polar surface area (TPSA) is 63.2 Å². The van der Waals surface area contributed by atoms with Crippen LogP contribution < -0.4 is 4.72 Å². The van der Waals surface area contributed by atoms with Crippen molar-refractivity contribution < 1.29 is 13.2 Å². The second kappa shape index (κ2) is 4.33. The van der Waals surface area contributed by atoms with E-state index < -0.39 is 15.9 Å². The first-order valence-electron chi connectivity index (χ1n) is 3.49. The number of hydrogen-bond acceptors (Lipinski definition) is 3. The summed E-state index contributed by atoms with van der Waals surface area (Å²) in [6.07, 6.45) is 1.39. The van der Waals surface area contributed by atoms with Gasteiger partial charge in [0.15, 0.2) is 0 Å². The highest BCUT2D eigenvalue weighted by Gasteiger charge is 2.09. The van der Waals surface area contributed by atoms with Gasteiger partial charge in [0.05, 0.1) is 5.75 Å². The first-order chi connectivity index (χ1) is 4.98. The van der Waals surface area contributed by atoms with E-state index >= 15 is 0 Å². The van der Waals surface area contributed by atoms with Gasteiger partial charge < -0.3 is 0 Å². The summed E-state index contributed by atoms with van der Waals surface area (Å²) in [6, 6.07) is 0. The van der Waals surface area contributed by atoms with Crippen LogP contribution in [0.25, 0.3) is 0 Å². The summed E-state index contributed by atoms with van der Waals surface area (Å²) < 4.78 is 23.6. The van der Waals surface area contributed by atoms with Gasteiger partial charge >= 0.3 is 0 Å². The zero-order valence-electron chi connectivity index (χ0n) is 6.75. The maximum absolute atomic E-state index is 10.9. The number of nitrogens with one attached hydrogen (secondary N) is 1. The molecule has 11 heavy (non-hydrogen) atoms. The molecule has 0 unspecified atom stereocenters. The van der Waals surface area contributed by atoms with Crippen LogP contribution in [-0.4, -0.2) is 20.1 Å². The highest BCUT2D eigenvalue weighted by Crippen LogP contribution is 1.92. The number of sulfonamides is 1. The minimum absolute atomic E-state index is 0.0308. The van der Waals surface area contributed by atoms with Crippen molar-refractivity contribution in [3.63, 3.8) is 0 Å². The van der Waals surface area contributed by atoms with Crippen molar-refractivity contribution in [2.45, 2.75) is 26.7 Å². The Hall–Kier alpha value is -0.580. The Morgan fingerprint density at radius 2 is 2.00 bits per heavy atom. The Balaban J connectivity index is 3.92. The average Bonchev–Trinajstić information content (AvgIpc) is 1.81. The molecule has 0 fully saturated rings. The van der Waals surface area contributed by atoms with Crippen LogP contribution in [0, 0.1) is 0 Å². The van der Waals surface area contributed by atoms with Gasteiger partial charge in [-0.2, -0.15) is 0 Å². The fraction of sp³-hybridized carbons (Fsp3) is 0.833. The van der Waals surface area contributed by atoms with Gasteiger partial charge in [0.25, 0.3) is 0 Å². The summed E-state index contributed by atoms with van der Waals surface area (Å²) in [5.41, 5.74) is 0. The lowest BCUT2D eigenvalue weighted by atomic mass is 10.4. The minimum Gasteiger partial charge on any atom is -0.274 e. The third kappa shape index (κ3) is 5.84. The SMILES string of the molecule is CCCCS(=O)(=O)NC(C)=O. The van der Waals surface area contributed by atoms with Crippen LogP contribution in [0.2, 0.25) is 0 Å². The molecule has 0 heterocycles. The molecule has 0 radical (unpaired) electrons. The molecule has 0 spiro atoms. The molecule has 0 aliphatic rings. The van der Waals surface area contributed by atoms with E-state index in [-0.39, 0.29) is 5.75 Å². The molecule has 66 valence electrons. The summed E-state index contributed by atoms with van der Waals surface area (Å²) in [4.78, 5) is 10.3. The lowest BCUT2D eigenvalue weighted by molar-refractivity contribution is -0.117. The van der Waals surface area contributed by atoms with Crippen molar-refractivity contribution in [1.82, 2.24) is 4.72 Å². The summed E-state index contributed by atoms with van der Waals surface area (Å²) in [6.45, 7) is 3.08. The van der Waals surface area contributed by atoms with Gasteiger partial charge in [-0.25, -0.2) is 8.42 Å². The largest absolute Gasteiger partial charge is 0.274 e. The molecule has 0 aliphatic heterocycles. The quantitative estimate of drug-likeness (QED) is 0.673. The van der Waals surface area contributed by atoms with Gasteiger partial charge in [-0.15, -0.1) is 0 Å². The predicted octanol–water partition coefficient (Wildman–Crippen LogP) is 0.252. The number of carbonyl (C=O) groups excluding carboxylic acids is 1. The molecule has 0 saturated carbocycles. The van der Waals surface area contributed by atoms with Crippen molar-refractivity contribution in [3.05, 3.63) is 0 Å². The van der Waals surface area contributed by atoms with Crippen molar-refractivity contribution in [2.75, 3.05) is 5.75 Å². The van der Waals surface area contributed by atoms with E-state index in [1.54, 1.807) is 0 Å². The van der Waals surface area contributed by atoms with E-state index in [4.69, 9.17) is 0 Å². The zero-order valence-corrected chi connectivity index (χ0v) is 7.57. The zero-order chi connectivity index (χ0) is 8.91. The van der Waals surface area contributed by atoms with Gasteiger partial charge in [0, 0.05) is 6.92 Å². The van der Waals surface area contributed by atoms with Crippen LogP contribution in [0.15, 0.2) is 0 Å². The Labute approximate surface area is 67.0 Å². The Bertz CT molecular complexity index is 220. The molecule has 4 nitrogen and oxygen atoms in total. The maximum atomic E-state index is 10.9. The second-order valence-electron chi connectivity index (χ2n) is 2.33. The molecule has 0 aromatic rings. The molecule has 0 aromatic heterocycles. The smallest absolute Gasteiger partial charge is 0.234 e. The van der Waals surface area contributed by atoms with Crippen LogP contribution in [0.3, 0.4) is 0 Å². The Morgan fingerprint density at radius 3 is 2.36 bits per heavy atom. The third-order valence-electron chi connectivity index (χ3n) is 1.07. The standard InChI is InChI=1S/C6H13NO3S/c1-3-4-5-11(9,10)7-6(2)8/h3-5H2,1-2H3,(H,7,8). The van der Waals surface area contributed by atoms with Gasteiger partial charge in [-0.05, 0) is 6.42 Å². The van der Waals surface area contributed by atoms with Gasteiger partial charge in [0.1, 0.15) is 0 Å². The molecule has 1 N–H and O–H groups in total. The lowest BCUT2D eigenvalue weighted by Crippen LogP contribution is -2.30. The van der Waals surface area contributed by atoms with E-state index in [9.17, 15) is 13.2 Å². The van der Waals surface area contributed by atoms with Gasteiger partial charge in [-0.3, -0.25) is 9.52 Å². The second-order valence-corrected chi connectivity index (χ2v) is 4.17. The first kappa shape index (κ1) is 10.4. The molecule has 0 rings (SSSR count). The monoisotopic (exact) mass is 179 g/mol. The van der Waals surface area contributed by atoms with Crippen molar-refractivity contribution >= 4 is 15.9 Å². The fourth-order valence-corrected chi connectivity index (χ4v) is 1.81. The normalized spacial score (nSPS) is 11.1. The highest BCUT2D eigenvalue weighted by atomic mass is 32.2. The van der Waals surface area contributed by atoms with E-state index in [0.717, 1.165) is 6.42 Å². The first-order valence-corrected chi connectivity index (χ1v) is 5.14. The minimum atomic E-state index is -3.34. The molecule has 0 saturated heterocycles. The van der Waals surface area contributed by atoms with E-state index in [2.05, 4.69) is 0 Å². The summed E-state index contributed by atoms with van der Waals surface area (Å²) in [5.74, 6) is -0.496. The maximum Gasteiger partial charge on any atom is 0.234 e. The predicted molar refractivity (Wildman–Crippen MR) is 42.5 cm³/mol. The molecule has 0 aliphatic carbocycles. The average molecular weight is 179 g/mol. The molecular formula is C6H13NO3S. The van der Waals surface area contributed by atoms with Crippen molar-refractivity contribution in [1.29, 1.82) is 0 Å². The molecule has 0 aromatic carbocycles. The molecular weight excluding hydrogens is 166 g/mol. The number of unbranched alkanes of at least 4 members (excludes halogenated alkanes) is 1. The van der Waals surface area contributed by atoms with Crippen LogP contribution >= 0.6 is 0 Å². The summed E-state index contributed by atoms with van der Waals surface area (Å²) in [7, 11) is -3.34. The van der Waals surface area contributed by atoms with Crippen molar-refractivity contribution in [2.24, 2.45) is 0 Å². The Morgan fingerprint density at radius 1 is 1.45 bits per heavy atom. The lowest BCUT2D eigenvalue weighted by Gasteiger charge is -2.01. The van der Waals surface area contributed by atoms with E-state index in [0.29, 0.717) is 6.42 Å². The fourth-order valence-electron chi connectivity index (χ4n) is 0.604. The summed E-state index contributed by atoms with van der Waals surface area (Å²) >= 11 is 0. The number of amides is 1. The van der Waals surface area contributed by atoms with Gasteiger partial charge in [-0.1, -0.05) is 13.3 Å². The van der Waals surface area contributed by atoms with Crippen LogP contribution in [0.1, 0.15) is 26.7 Å². The van der Waals surface area contributed by atoms with Gasteiger partial charge in [0.2, 0.25) is 15.9 Å². The number of rotatable bonds is 4. The van der Waals surface area contributed by atoms with E-state index in [1.165, 1.54) is 6.92 Å². The third-order valence-corrected chi connectivity index (χ3v) is 2.49. The van der Waals surface area contributed by atoms with Crippen LogP contribution in [0.5, 0.6) is 0 Å². The van der Waals surface area contributed by atoms with E-state index in [1.807, 2.05) is 11.6 Å². The molecule has 0 atom stereocenters. The van der Waals surface area contributed by atoms with Crippen LogP contribution in [-0.2, 0) is 14.8 Å². The van der Waals surface area contributed by atoms with Crippen molar-refractivity contribution in [3.8, 4) is 0 Å². The van der Waals surface area contributed by atoms with Crippen LogP contribution in [0.4, 0.5) is 0 Å². The summed E-state index contributed by atoms with van der Waals surface area (Å²) in [5, 5.41) is 0. The number of carbonyl (C=O) groups is 1. The highest BCUT2D eigenvalue weighted by molar-refractivity contribution is 7.90. The molecule has 5 heteroatoms. The molecule has 0 bridgehead atoms. The Kier molecular flexibility index (Phi) is 4.10.